The number of carbonyl (C=O) groups is 1. The Morgan fingerprint density at radius 3 is 2.79 bits per heavy atom. The van der Waals surface area contributed by atoms with Crippen molar-refractivity contribution in [3.05, 3.63) is 64.9 Å². The lowest BCUT2D eigenvalue weighted by molar-refractivity contribution is -0.135. The van der Waals surface area contributed by atoms with E-state index in [0.29, 0.717) is 13.1 Å². The summed E-state index contributed by atoms with van der Waals surface area (Å²) in [6.45, 7) is 3.04. The van der Waals surface area contributed by atoms with Crippen molar-refractivity contribution in [2.75, 3.05) is 32.8 Å². The highest BCUT2D eigenvalue weighted by Gasteiger charge is 2.35. The highest BCUT2D eigenvalue weighted by Crippen LogP contribution is 2.35. The van der Waals surface area contributed by atoms with Gasteiger partial charge in [-0.15, -0.1) is 11.3 Å². The Labute approximate surface area is 177 Å². The van der Waals surface area contributed by atoms with Crippen LogP contribution in [0.4, 0.5) is 0 Å². The maximum Gasteiger partial charge on any atom is 0.233 e. The third kappa shape index (κ3) is 3.69. The van der Waals surface area contributed by atoms with Crippen molar-refractivity contribution in [2.45, 2.75) is 10.8 Å². The molecule has 2 aliphatic rings. The number of hydrogen-bond acceptors (Lipinski definition) is 7. The van der Waals surface area contributed by atoms with Gasteiger partial charge in [0.05, 0.1) is 28.3 Å². The number of hydrogen-bond donors (Lipinski definition) is 1. The minimum Gasteiger partial charge on any atom is -0.395 e. The first kappa shape index (κ1) is 18.7. The average molecular weight is 425 g/mol. The Bertz CT molecular complexity index is 1070. The maximum atomic E-state index is 12.7. The molecule has 0 aliphatic carbocycles. The maximum absolute atomic E-state index is 12.7. The van der Waals surface area contributed by atoms with Crippen LogP contribution in [0.5, 0.6) is 0 Å². The van der Waals surface area contributed by atoms with Crippen LogP contribution in [-0.2, 0) is 4.79 Å². The number of nitrogens with zero attached hydrogens (tertiary/aromatic N) is 4. The second-order valence-electron chi connectivity index (χ2n) is 7.29. The second-order valence-corrected chi connectivity index (χ2v) is 9.35. The van der Waals surface area contributed by atoms with Crippen LogP contribution in [0.1, 0.15) is 11.5 Å². The van der Waals surface area contributed by atoms with Crippen molar-refractivity contribution in [2.24, 2.45) is 0 Å². The van der Waals surface area contributed by atoms with E-state index >= 15 is 0 Å². The Morgan fingerprint density at radius 1 is 1.21 bits per heavy atom. The molecule has 8 heteroatoms. The van der Waals surface area contributed by atoms with Crippen molar-refractivity contribution in [1.29, 1.82) is 0 Å². The number of likely N-dealkylation sites (tertiary alicyclic amines) is 1. The van der Waals surface area contributed by atoms with E-state index in [1.165, 1.54) is 20.7 Å². The van der Waals surface area contributed by atoms with Crippen molar-refractivity contribution < 1.29 is 9.90 Å². The smallest absolute Gasteiger partial charge is 0.233 e. The summed E-state index contributed by atoms with van der Waals surface area (Å²) < 4.78 is 3.55. The molecular formula is C21H20N4O2S2. The highest BCUT2D eigenvalue weighted by molar-refractivity contribution is 7.97. The van der Waals surface area contributed by atoms with E-state index in [-0.39, 0.29) is 12.5 Å². The molecule has 0 bridgehead atoms. The number of aliphatic hydroxyl groups is 1. The van der Waals surface area contributed by atoms with Crippen LogP contribution >= 0.6 is 23.3 Å². The minimum absolute atomic E-state index is 0.0201. The molecule has 1 amide bonds. The molecule has 0 saturated carbocycles. The normalized spacial score (nSPS) is 17.9. The van der Waals surface area contributed by atoms with Gasteiger partial charge in [-0.2, -0.15) is 0 Å². The Morgan fingerprint density at radius 2 is 2.03 bits per heavy atom. The highest BCUT2D eigenvalue weighted by atomic mass is 32.2. The summed E-state index contributed by atoms with van der Waals surface area (Å²) in [7, 11) is 0. The third-order valence-corrected chi connectivity index (χ3v) is 7.19. The number of aliphatic hydroxyl groups excluding tert-OH is 1. The number of carbonyl (C=O) groups excluding carboxylic acids is 1. The summed E-state index contributed by atoms with van der Waals surface area (Å²) in [6, 6.07) is 10.0. The predicted molar refractivity (Wildman–Crippen MR) is 115 cm³/mol. The fourth-order valence-electron chi connectivity index (χ4n) is 3.63. The standard InChI is InChI=1S/C21H20N4O2S2/c26-12-18(14-2-1-5-22-7-14)21(27)24-8-15(9-24)16-10-25(11-16)29-17-3-4-19-20(6-17)28-13-23-19/h1-7,13,18,26H,8-12H2. The second kappa shape index (κ2) is 7.87. The quantitative estimate of drug-likeness (QED) is 0.502. The number of rotatable bonds is 5. The van der Waals surface area contributed by atoms with Crippen LogP contribution in [0.25, 0.3) is 10.2 Å². The number of thiazole rings is 1. The lowest BCUT2D eigenvalue weighted by Gasteiger charge is -2.42. The Kier molecular flexibility index (Phi) is 5.09. The fraction of sp³-hybridized carbons (Fsp3) is 0.286. The van der Waals surface area contributed by atoms with E-state index in [0.717, 1.165) is 24.2 Å². The zero-order chi connectivity index (χ0) is 19.8. The van der Waals surface area contributed by atoms with E-state index in [9.17, 15) is 9.90 Å². The van der Waals surface area contributed by atoms with Gasteiger partial charge >= 0.3 is 0 Å². The number of pyridine rings is 1. The van der Waals surface area contributed by atoms with E-state index < -0.39 is 5.92 Å². The zero-order valence-corrected chi connectivity index (χ0v) is 17.3. The predicted octanol–water partition coefficient (Wildman–Crippen LogP) is 2.93. The third-order valence-electron chi connectivity index (χ3n) is 5.41. The van der Waals surface area contributed by atoms with Crippen LogP contribution in [0, 0.1) is 0 Å². The van der Waals surface area contributed by atoms with Crippen molar-refractivity contribution in [3.8, 4) is 0 Å². The molecule has 2 aromatic heterocycles. The molecule has 4 heterocycles. The summed E-state index contributed by atoms with van der Waals surface area (Å²) in [6.07, 6.45) is 3.33. The molecule has 148 valence electrons. The lowest BCUT2D eigenvalue weighted by atomic mass is 9.93. The number of fused-ring (bicyclic) bond motifs is 1. The first-order chi connectivity index (χ1) is 14.2. The molecule has 3 aromatic rings. The average Bonchev–Trinajstić information content (AvgIpc) is 3.14. The van der Waals surface area contributed by atoms with Gasteiger partial charge in [-0.1, -0.05) is 6.07 Å². The van der Waals surface area contributed by atoms with Gasteiger partial charge in [-0.25, -0.2) is 9.29 Å². The van der Waals surface area contributed by atoms with Crippen molar-refractivity contribution in [1.82, 2.24) is 19.2 Å². The van der Waals surface area contributed by atoms with Crippen LogP contribution in [0.3, 0.4) is 0 Å². The van der Waals surface area contributed by atoms with Gasteiger partial charge in [0.25, 0.3) is 0 Å². The van der Waals surface area contributed by atoms with Crippen LogP contribution in [0.2, 0.25) is 0 Å². The van der Waals surface area contributed by atoms with Gasteiger partial charge in [0, 0.05) is 43.5 Å². The van der Waals surface area contributed by atoms with E-state index in [4.69, 9.17) is 0 Å². The molecule has 5 rings (SSSR count). The molecule has 29 heavy (non-hydrogen) atoms. The minimum atomic E-state index is -0.523. The molecule has 6 nitrogen and oxygen atoms in total. The molecule has 2 aliphatic heterocycles. The molecule has 1 unspecified atom stereocenters. The number of aromatic nitrogens is 2. The van der Waals surface area contributed by atoms with Gasteiger partial charge in [0.15, 0.2) is 0 Å². The molecule has 0 radical (unpaired) electrons. The lowest BCUT2D eigenvalue weighted by Crippen LogP contribution is -2.50. The summed E-state index contributed by atoms with van der Waals surface area (Å²) in [5, 5.41) is 9.68. The topological polar surface area (TPSA) is 69.6 Å². The molecule has 1 N–H and O–H groups in total. The summed E-state index contributed by atoms with van der Waals surface area (Å²) in [4.78, 5) is 24.2. The first-order valence-corrected chi connectivity index (χ1v) is 11.1. The van der Waals surface area contributed by atoms with E-state index in [2.05, 4.69) is 32.5 Å². The summed E-state index contributed by atoms with van der Waals surface area (Å²) >= 11 is 3.44. The Hall–Kier alpha value is -2.26. The van der Waals surface area contributed by atoms with Crippen LogP contribution in [0.15, 0.2) is 64.3 Å². The number of amides is 1. The molecule has 2 saturated heterocycles. The summed E-state index contributed by atoms with van der Waals surface area (Å²) in [5.41, 5.74) is 6.49. The Balaban J connectivity index is 1.15. The molecule has 0 spiro atoms. The van der Waals surface area contributed by atoms with Gasteiger partial charge in [0.1, 0.15) is 0 Å². The fourth-order valence-corrected chi connectivity index (χ4v) is 5.46. The summed E-state index contributed by atoms with van der Waals surface area (Å²) in [5.74, 6) is -0.543. The van der Waals surface area contributed by atoms with Gasteiger partial charge < -0.3 is 10.0 Å². The number of benzene rings is 1. The first-order valence-electron chi connectivity index (χ1n) is 9.47. The van der Waals surface area contributed by atoms with Crippen LogP contribution in [-0.4, -0.2) is 63.0 Å². The van der Waals surface area contributed by atoms with Gasteiger partial charge in [-0.05, 0) is 52.9 Å². The van der Waals surface area contributed by atoms with E-state index in [1.54, 1.807) is 41.7 Å². The molecule has 1 aromatic carbocycles. The molecule has 1 atom stereocenters. The van der Waals surface area contributed by atoms with Gasteiger partial charge in [-0.3, -0.25) is 9.78 Å². The molecular weight excluding hydrogens is 404 g/mol. The largest absolute Gasteiger partial charge is 0.395 e. The van der Waals surface area contributed by atoms with Crippen molar-refractivity contribution in [3.63, 3.8) is 0 Å². The van der Waals surface area contributed by atoms with Gasteiger partial charge in [0.2, 0.25) is 5.91 Å². The molecule has 2 fully saturated rings. The van der Waals surface area contributed by atoms with Crippen LogP contribution < -0.4 is 0 Å². The SMILES string of the molecule is O=C(C(CO)c1cccnc1)N1CC(=C2CN(Sc3ccc4ncsc4c3)C2)C1. The van der Waals surface area contributed by atoms with Crippen molar-refractivity contribution >= 4 is 39.4 Å². The monoisotopic (exact) mass is 424 g/mol. The van der Waals surface area contributed by atoms with E-state index in [1.807, 2.05) is 16.5 Å². The zero-order valence-electron chi connectivity index (χ0n) is 15.7.